The summed E-state index contributed by atoms with van der Waals surface area (Å²) in [4.78, 5) is 52.8. The van der Waals surface area contributed by atoms with Crippen LogP contribution in [-0.2, 0) is 9.53 Å². The van der Waals surface area contributed by atoms with Crippen LogP contribution in [0.15, 0.2) is 104 Å². The van der Waals surface area contributed by atoms with Crippen molar-refractivity contribution in [3.8, 4) is 5.75 Å². The van der Waals surface area contributed by atoms with E-state index in [1.54, 1.807) is 50.5 Å². The third kappa shape index (κ3) is 5.63. The Labute approximate surface area is 264 Å². The van der Waals surface area contributed by atoms with Gasteiger partial charge in [-0.1, -0.05) is 47.7 Å². The molecule has 1 aliphatic heterocycles. The summed E-state index contributed by atoms with van der Waals surface area (Å²) in [6.45, 7) is 3.57. The second-order valence-corrected chi connectivity index (χ2v) is 11.8. The third-order valence-corrected chi connectivity index (χ3v) is 9.10. The van der Waals surface area contributed by atoms with Crippen molar-refractivity contribution in [2.75, 3.05) is 13.7 Å². The zero-order valence-electron chi connectivity index (χ0n) is 24.3. The number of fused-ring (bicyclic) bond motifs is 2. The van der Waals surface area contributed by atoms with Gasteiger partial charge in [0.15, 0.2) is 9.96 Å². The molecule has 0 fully saturated rings. The Morgan fingerprint density at radius 1 is 1.13 bits per heavy atom. The maximum absolute atomic E-state index is 14.2. The maximum Gasteiger partial charge on any atom is 0.338 e. The molecular weight excluding hydrogens is 615 g/mol. The van der Waals surface area contributed by atoms with Gasteiger partial charge in [-0.05, 0) is 66.2 Å². The molecule has 5 aromatic rings. The van der Waals surface area contributed by atoms with Crippen molar-refractivity contribution in [2.45, 2.75) is 29.9 Å². The van der Waals surface area contributed by atoms with Crippen molar-refractivity contribution in [3.05, 3.63) is 125 Å². The number of carbonyl (C=O) groups excluding carboxylic acids is 1. The topological polar surface area (TPSA) is 139 Å². The second kappa shape index (κ2) is 12.5. The molecular formula is C32H25N5O6S2. The molecule has 0 unspecified atom stereocenters. The van der Waals surface area contributed by atoms with E-state index < -0.39 is 22.5 Å². The Balaban J connectivity index is 1.55. The molecule has 0 saturated heterocycles. The summed E-state index contributed by atoms with van der Waals surface area (Å²) in [5, 5.41) is 14.1. The number of hydrogen-bond acceptors (Lipinski definition) is 11. The van der Waals surface area contributed by atoms with Crippen LogP contribution in [0.4, 0.5) is 5.69 Å². The van der Waals surface area contributed by atoms with Gasteiger partial charge >= 0.3 is 5.97 Å². The SMILES string of the molecule is CCOC(=O)C1=C(C)N=c2s/c(=C/c3ccc(Sc4ncccn4)c([N+](=O)[O-])c3)c(=O)n2[C@@H]1c1c(OC)ccc2ccccc12. The van der Waals surface area contributed by atoms with Gasteiger partial charge in [0.05, 0.1) is 39.3 Å². The van der Waals surface area contributed by atoms with Crippen LogP contribution in [0.3, 0.4) is 0 Å². The third-order valence-electron chi connectivity index (χ3n) is 7.16. The molecule has 0 aliphatic carbocycles. The summed E-state index contributed by atoms with van der Waals surface area (Å²) in [7, 11) is 1.54. The molecule has 0 amide bonds. The summed E-state index contributed by atoms with van der Waals surface area (Å²) in [6.07, 6.45) is 4.71. The molecule has 11 nitrogen and oxygen atoms in total. The molecule has 2 aromatic heterocycles. The van der Waals surface area contributed by atoms with Crippen LogP contribution in [0.2, 0.25) is 0 Å². The second-order valence-electron chi connectivity index (χ2n) is 9.82. The van der Waals surface area contributed by atoms with Crippen molar-refractivity contribution in [2.24, 2.45) is 4.99 Å². The first kappa shape index (κ1) is 29.9. The number of hydrogen-bond donors (Lipinski definition) is 0. The number of thiazole rings is 1. The molecule has 0 spiro atoms. The molecule has 13 heteroatoms. The van der Waals surface area contributed by atoms with E-state index in [9.17, 15) is 19.7 Å². The van der Waals surface area contributed by atoms with E-state index in [4.69, 9.17) is 9.47 Å². The van der Waals surface area contributed by atoms with E-state index in [1.807, 2.05) is 36.4 Å². The lowest BCUT2D eigenvalue weighted by Gasteiger charge is -2.27. The summed E-state index contributed by atoms with van der Waals surface area (Å²) >= 11 is 2.21. The van der Waals surface area contributed by atoms with Gasteiger partial charge in [-0.2, -0.15) is 0 Å². The van der Waals surface area contributed by atoms with Gasteiger partial charge in [0.25, 0.3) is 11.2 Å². The Bertz CT molecular complexity index is 2190. The van der Waals surface area contributed by atoms with E-state index >= 15 is 0 Å². The van der Waals surface area contributed by atoms with Gasteiger partial charge in [0.1, 0.15) is 11.8 Å². The largest absolute Gasteiger partial charge is 0.496 e. The number of ether oxygens (including phenoxy) is 2. The highest BCUT2D eigenvalue weighted by molar-refractivity contribution is 7.99. The molecule has 1 atom stereocenters. The van der Waals surface area contributed by atoms with Gasteiger partial charge in [-0.25, -0.2) is 19.8 Å². The zero-order valence-corrected chi connectivity index (χ0v) is 25.9. The van der Waals surface area contributed by atoms with E-state index in [0.29, 0.717) is 37.4 Å². The lowest BCUT2D eigenvalue weighted by molar-refractivity contribution is -0.387. The summed E-state index contributed by atoms with van der Waals surface area (Å²) in [5.74, 6) is -0.0880. The quantitative estimate of drug-likeness (QED) is 0.101. The highest BCUT2D eigenvalue weighted by atomic mass is 32.2. The average Bonchev–Trinajstić information content (AvgIpc) is 3.34. The van der Waals surface area contributed by atoms with E-state index in [2.05, 4.69) is 15.0 Å². The minimum Gasteiger partial charge on any atom is -0.496 e. The van der Waals surface area contributed by atoms with Gasteiger partial charge in [-0.15, -0.1) is 0 Å². The Hall–Kier alpha value is -5.14. The number of aromatic nitrogens is 3. The minimum absolute atomic E-state index is 0.142. The predicted molar refractivity (Wildman–Crippen MR) is 170 cm³/mol. The molecule has 0 saturated carbocycles. The molecule has 45 heavy (non-hydrogen) atoms. The van der Waals surface area contributed by atoms with Crippen molar-refractivity contribution in [1.29, 1.82) is 0 Å². The maximum atomic E-state index is 14.2. The van der Waals surface area contributed by atoms with Crippen LogP contribution < -0.4 is 19.6 Å². The first-order chi connectivity index (χ1) is 21.8. The van der Waals surface area contributed by atoms with Crippen LogP contribution in [0.1, 0.15) is 31.0 Å². The molecule has 226 valence electrons. The molecule has 0 N–H and O–H groups in total. The Kier molecular flexibility index (Phi) is 8.28. The average molecular weight is 640 g/mol. The minimum atomic E-state index is -0.900. The fourth-order valence-electron chi connectivity index (χ4n) is 5.24. The molecule has 6 rings (SSSR count). The van der Waals surface area contributed by atoms with E-state index in [0.717, 1.165) is 33.9 Å². The summed E-state index contributed by atoms with van der Waals surface area (Å²) < 4.78 is 13.0. The van der Waals surface area contributed by atoms with Gasteiger partial charge < -0.3 is 9.47 Å². The number of esters is 1. The highest BCUT2D eigenvalue weighted by Gasteiger charge is 2.36. The van der Waals surface area contributed by atoms with Crippen LogP contribution >= 0.6 is 23.1 Å². The number of nitro benzene ring substituents is 1. The first-order valence-electron chi connectivity index (χ1n) is 13.8. The number of nitro groups is 1. The number of carbonyl (C=O) groups is 1. The smallest absolute Gasteiger partial charge is 0.338 e. The van der Waals surface area contributed by atoms with Crippen molar-refractivity contribution in [1.82, 2.24) is 14.5 Å². The van der Waals surface area contributed by atoms with Crippen LogP contribution in [0.5, 0.6) is 5.75 Å². The summed E-state index contributed by atoms with van der Waals surface area (Å²) in [5.41, 5.74) is 1.17. The molecule has 3 heterocycles. The predicted octanol–water partition coefficient (Wildman–Crippen LogP) is 4.81. The highest BCUT2D eigenvalue weighted by Crippen LogP contribution is 2.40. The zero-order chi connectivity index (χ0) is 31.7. The normalized spacial score (nSPS) is 14.6. The number of allylic oxidation sites excluding steroid dienone is 1. The fraction of sp³-hybridized carbons (Fsp3) is 0.156. The number of methoxy groups -OCH3 is 1. The van der Waals surface area contributed by atoms with E-state index in [-0.39, 0.29) is 22.4 Å². The van der Waals surface area contributed by atoms with Crippen molar-refractivity contribution < 1.29 is 19.2 Å². The van der Waals surface area contributed by atoms with Crippen LogP contribution in [0, 0.1) is 10.1 Å². The monoisotopic (exact) mass is 639 g/mol. The lowest BCUT2D eigenvalue weighted by Crippen LogP contribution is -2.40. The van der Waals surface area contributed by atoms with Crippen LogP contribution in [-0.4, -0.2) is 39.1 Å². The first-order valence-corrected chi connectivity index (χ1v) is 15.4. The van der Waals surface area contributed by atoms with Crippen LogP contribution in [0.25, 0.3) is 16.8 Å². The molecule has 1 aliphatic rings. The number of nitrogens with zero attached hydrogens (tertiary/aromatic N) is 5. The van der Waals surface area contributed by atoms with Gasteiger partial charge in [0, 0.05) is 24.0 Å². The van der Waals surface area contributed by atoms with E-state index in [1.165, 1.54) is 17.7 Å². The van der Waals surface area contributed by atoms with Gasteiger partial charge in [0.2, 0.25) is 0 Å². The molecule has 0 radical (unpaired) electrons. The standard InChI is InChI=1S/C32H25N5O6S2/c1-4-43-30(39)26-18(2)35-32-36(28(26)27-21-9-6-5-8-20(21)11-12-23(27)42-3)29(38)25(45-32)17-19-10-13-24(22(16-19)37(40)41)44-31-33-14-7-15-34-31/h5-17,28H,4H2,1-3H3/b25-17+/t28-/m0/s1. The number of rotatable bonds is 8. The molecule has 0 bridgehead atoms. The lowest BCUT2D eigenvalue weighted by atomic mass is 9.90. The van der Waals surface area contributed by atoms with Crippen molar-refractivity contribution >= 4 is 51.6 Å². The Morgan fingerprint density at radius 2 is 1.91 bits per heavy atom. The van der Waals surface area contributed by atoms with Crippen molar-refractivity contribution in [3.63, 3.8) is 0 Å². The fourth-order valence-corrected chi connectivity index (χ4v) is 7.09. The Morgan fingerprint density at radius 3 is 2.64 bits per heavy atom. The summed E-state index contributed by atoms with van der Waals surface area (Å²) in [6, 6.07) is 16.8. The van der Waals surface area contributed by atoms with Gasteiger partial charge in [-0.3, -0.25) is 19.5 Å². The number of benzene rings is 3. The molecule has 3 aromatic carbocycles.